The van der Waals surface area contributed by atoms with Crippen LogP contribution in [0, 0.1) is 13.8 Å². The summed E-state index contributed by atoms with van der Waals surface area (Å²) in [6, 6.07) is 6.27. The minimum Gasteiger partial charge on any atom is -0.387 e. The van der Waals surface area contributed by atoms with Crippen molar-refractivity contribution in [3.05, 3.63) is 34.9 Å². The summed E-state index contributed by atoms with van der Waals surface area (Å²) >= 11 is 0. The number of nitrogens with zero attached hydrogens (tertiary/aromatic N) is 1. The lowest BCUT2D eigenvalue weighted by molar-refractivity contribution is 0.0127. The van der Waals surface area contributed by atoms with Gasteiger partial charge in [-0.2, -0.15) is 0 Å². The Morgan fingerprint density at radius 1 is 1.42 bits per heavy atom. The van der Waals surface area contributed by atoms with Crippen molar-refractivity contribution in [2.24, 2.45) is 0 Å². The average molecular weight is 263 g/mol. The van der Waals surface area contributed by atoms with Gasteiger partial charge in [0, 0.05) is 20.2 Å². The molecule has 2 atom stereocenters. The number of methoxy groups -OCH3 is 1. The van der Waals surface area contributed by atoms with E-state index in [0.717, 1.165) is 31.5 Å². The number of aliphatic hydroxyl groups is 1. The number of β-amino-alcohol motifs (C(OH)–C–C–N with tert-alkyl or cyclic N) is 1. The maximum absolute atomic E-state index is 10.5. The number of hydrogen-bond donors (Lipinski definition) is 1. The summed E-state index contributed by atoms with van der Waals surface area (Å²) in [5.74, 6) is 0. The third kappa shape index (κ3) is 3.78. The molecule has 0 bridgehead atoms. The summed E-state index contributed by atoms with van der Waals surface area (Å²) in [6.45, 7) is 6.81. The Hall–Kier alpha value is -0.900. The zero-order valence-electron chi connectivity index (χ0n) is 12.2. The van der Waals surface area contributed by atoms with Gasteiger partial charge >= 0.3 is 0 Å². The molecule has 0 spiro atoms. The van der Waals surface area contributed by atoms with Gasteiger partial charge in [-0.15, -0.1) is 0 Å². The molecule has 1 N–H and O–H groups in total. The van der Waals surface area contributed by atoms with E-state index in [2.05, 4.69) is 36.9 Å². The third-order valence-electron chi connectivity index (χ3n) is 4.02. The lowest BCUT2D eigenvalue weighted by Gasteiger charge is -2.33. The van der Waals surface area contributed by atoms with Crippen LogP contribution in [0.3, 0.4) is 0 Å². The maximum atomic E-state index is 10.5. The van der Waals surface area contributed by atoms with Crippen molar-refractivity contribution in [2.45, 2.75) is 38.9 Å². The summed E-state index contributed by atoms with van der Waals surface area (Å²) < 4.78 is 5.43. The minimum absolute atomic E-state index is 0.319. The fourth-order valence-corrected chi connectivity index (χ4v) is 2.83. The van der Waals surface area contributed by atoms with E-state index in [1.807, 2.05) is 0 Å². The van der Waals surface area contributed by atoms with Crippen molar-refractivity contribution in [1.82, 2.24) is 4.90 Å². The lowest BCUT2D eigenvalue weighted by Crippen LogP contribution is -2.41. The molecule has 0 aromatic heterocycles. The highest BCUT2D eigenvalue weighted by atomic mass is 16.5. The molecule has 0 aliphatic carbocycles. The quantitative estimate of drug-likeness (QED) is 0.905. The van der Waals surface area contributed by atoms with Crippen LogP contribution in [-0.4, -0.2) is 42.9 Å². The largest absolute Gasteiger partial charge is 0.387 e. The molecule has 2 unspecified atom stereocenters. The van der Waals surface area contributed by atoms with Crippen molar-refractivity contribution in [1.29, 1.82) is 0 Å². The van der Waals surface area contributed by atoms with Gasteiger partial charge in [-0.05, 0) is 44.4 Å². The molecular weight excluding hydrogens is 238 g/mol. The molecule has 1 saturated heterocycles. The van der Waals surface area contributed by atoms with Crippen LogP contribution in [0.2, 0.25) is 0 Å². The van der Waals surface area contributed by atoms with Gasteiger partial charge in [0.1, 0.15) is 0 Å². The highest BCUT2D eigenvalue weighted by Crippen LogP contribution is 2.22. The van der Waals surface area contributed by atoms with Crippen molar-refractivity contribution in [2.75, 3.05) is 26.7 Å². The van der Waals surface area contributed by atoms with E-state index >= 15 is 0 Å². The van der Waals surface area contributed by atoms with Gasteiger partial charge in [0.25, 0.3) is 0 Å². The summed E-state index contributed by atoms with van der Waals surface area (Å²) in [7, 11) is 1.77. The molecule has 0 amide bonds. The van der Waals surface area contributed by atoms with Crippen LogP contribution in [0.1, 0.15) is 35.6 Å². The first-order chi connectivity index (χ1) is 9.10. The van der Waals surface area contributed by atoms with Crippen LogP contribution >= 0.6 is 0 Å². The van der Waals surface area contributed by atoms with Gasteiger partial charge in [0.05, 0.1) is 12.2 Å². The summed E-state index contributed by atoms with van der Waals surface area (Å²) in [6.07, 6.45) is 2.19. The molecule has 19 heavy (non-hydrogen) atoms. The number of benzene rings is 1. The Balaban J connectivity index is 2.00. The van der Waals surface area contributed by atoms with E-state index in [-0.39, 0.29) is 0 Å². The second kappa shape index (κ2) is 6.51. The van der Waals surface area contributed by atoms with Crippen LogP contribution < -0.4 is 0 Å². The predicted molar refractivity (Wildman–Crippen MR) is 77.3 cm³/mol. The Morgan fingerprint density at radius 3 is 2.95 bits per heavy atom. The zero-order valence-corrected chi connectivity index (χ0v) is 12.2. The number of aliphatic hydroxyl groups excluding tert-OH is 1. The SMILES string of the molecule is COC1CCCN(CC(O)c2cc(C)ccc2C)C1. The van der Waals surface area contributed by atoms with Crippen molar-refractivity contribution < 1.29 is 9.84 Å². The monoisotopic (exact) mass is 263 g/mol. The molecule has 0 radical (unpaired) electrons. The smallest absolute Gasteiger partial charge is 0.0919 e. The van der Waals surface area contributed by atoms with Gasteiger partial charge in [-0.3, -0.25) is 4.90 Å². The second-order valence-corrected chi connectivity index (χ2v) is 5.64. The van der Waals surface area contributed by atoms with Gasteiger partial charge in [-0.1, -0.05) is 23.8 Å². The molecular formula is C16H25NO2. The summed E-state index contributed by atoms with van der Waals surface area (Å²) in [4.78, 5) is 2.31. The topological polar surface area (TPSA) is 32.7 Å². The molecule has 3 nitrogen and oxygen atoms in total. The molecule has 106 valence electrons. The standard InChI is InChI=1S/C16H25NO2/c1-12-6-7-13(2)15(9-12)16(18)11-17-8-4-5-14(10-17)19-3/h6-7,9,14,16,18H,4-5,8,10-11H2,1-3H3. The molecule has 1 aliphatic heterocycles. The Bertz CT molecular complexity index is 419. The predicted octanol–water partition coefficient (Wildman–Crippen LogP) is 2.45. The van der Waals surface area contributed by atoms with E-state index in [1.54, 1.807) is 7.11 Å². The van der Waals surface area contributed by atoms with Crippen molar-refractivity contribution in [3.63, 3.8) is 0 Å². The van der Waals surface area contributed by atoms with Crippen LogP contribution in [0.4, 0.5) is 0 Å². The highest BCUT2D eigenvalue weighted by Gasteiger charge is 2.22. The van der Waals surface area contributed by atoms with Crippen molar-refractivity contribution >= 4 is 0 Å². The molecule has 1 aromatic carbocycles. The third-order valence-corrected chi connectivity index (χ3v) is 4.02. The van der Waals surface area contributed by atoms with Gasteiger partial charge in [0.15, 0.2) is 0 Å². The second-order valence-electron chi connectivity index (χ2n) is 5.64. The van der Waals surface area contributed by atoms with Gasteiger partial charge in [-0.25, -0.2) is 0 Å². The molecule has 1 heterocycles. The molecule has 1 aliphatic rings. The van der Waals surface area contributed by atoms with Gasteiger partial charge in [0.2, 0.25) is 0 Å². The van der Waals surface area contributed by atoms with E-state index in [1.165, 1.54) is 11.1 Å². The molecule has 3 heteroatoms. The van der Waals surface area contributed by atoms with E-state index in [0.29, 0.717) is 12.6 Å². The summed E-state index contributed by atoms with van der Waals surface area (Å²) in [5, 5.41) is 10.5. The number of aryl methyl sites for hydroxylation is 2. The number of likely N-dealkylation sites (tertiary alicyclic amines) is 1. The first kappa shape index (κ1) is 14.5. The summed E-state index contributed by atoms with van der Waals surface area (Å²) in [5.41, 5.74) is 3.42. The van der Waals surface area contributed by atoms with Crippen LogP contribution in [0.25, 0.3) is 0 Å². The van der Waals surface area contributed by atoms with E-state index in [4.69, 9.17) is 4.74 Å². The Morgan fingerprint density at radius 2 is 2.21 bits per heavy atom. The fourth-order valence-electron chi connectivity index (χ4n) is 2.83. The molecule has 0 saturated carbocycles. The average Bonchev–Trinajstić information content (AvgIpc) is 2.41. The normalized spacial score (nSPS) is 22.4. The van der Waals surface area contributed by atoms with Crippen LogP contribution in [0.5, 0.6) is 0 Å². The van der Waals surface area contributed by atoms with Gasteiger partial charge < -0.3 is 9.84 Å². The zero-order chi connectivity index (χ0) is 13.8. The molecule has 2 rings (SSSR count). The maximum Gasteiger partial charge on any atom is 0.0919 e. The van der Waals surface area contributed by atoms with Crippen LogP contribution in [-0.2, 0) is 4.74 Å². The Kier molecular flexibility index (Phi) is 4.97. The van der Waals surface area contributed by atoms with E-state index < -0.39 is 6.10 Å². The number of piperidine rings is 1. The molecule has 1 aromatic rings. The molecule has 1 fully saturated rings. The lowest BCUT2D eigenvalue weighted by atomic mass is 9.99. The first-order valence-electron chi connectivity index (χ1n) is 7.10. The fraction of sp³-hybridized carbons (Fsp3) is 0.625. The van der Waals surface area contributed by atoms with Crippen LogP contribution in [0.15, 0.2) is 18.2 Å². The number of ether oxygens (including phenoxy) is 1. The Labute approximate surface area is 116 Å². The van der Waals surface area contributed by atoms with E-state index in [9.17, 15) is 5.11 Å². The first-order valence-corrected chi connectivity index (χ1v) is 7.10. The number of rotatable bonds is 4. The van der Waals surface area contributed by atoms with Crippen molar-refractivity contribution in [3.8, 4) is 0 Å². The minimum atomic E-state index is -0.407. The highest BCUT2D eigenvalue weighted by molar-refractivity contribution is 5.32. The number of hydrogen-bond acceptors (Lipinski definition) is 3.